The number of carbonyl (C=O) groups excluding carboxylic acids is 1. The smallest absolute Gasteiger partial charge is 0.407 e. The molecule has 1 aliphatic heterocycles. The van der Waals surface area contributed by atoms with E-state index in [1.54, 1.807) is 20.8 Å². The fourth-order valence-corrected chi connectivity index (χ4v) is 1.19. The Balaban J connectivity index is 2.27. The predicted molar refractivity (Wildman–Crippen MR) is 53.5 cm³/mol. The third-order valence-electron chi connectivity index (χ3n) is 2.11. The number of alkyl carbamates (subject to hydrolysis) is 1. The minimum atomic E-state index is -0.531. The molecule has 0 atom stereocenters. The molecule has 0 radical (unpaired) electrons. The topological polar surface area (TPSA) is 47.6 Å². The molecule has 5 heteroatoms. The van der Waals surface area contributed by atoms with Crippen LogP contribution in [0.15, 0.2) is 0 Å². The van der Waals surface area contributed by atoms with Crippen LogP contribution in [-0.2, 0) is 9.47 Å². The average Bonchev–Trinajstić information content (AvgIpc) is 1.99. The molecular formula is C10H18FNO3. The molecule has 1 rings (SSSR count). The fourth-order valence-electron chi connectivity index (χ4n) is 1.19. The molecule has 1 N–H and O–H groups in total. The van der Waals surface area contributed by atoms with Crippen LogP contribution in [0, 0.1) is 5.41 Å². The van der Waals surface area contributed by atoms with Gasteiger partial charge in [0, 0.05) is 6.54 Å². The van der Waals surface area contributed by atoms with Crippen LogP contribution >= 0.6 is 0 Å². The summed E-state index contributed by atoms with van der Waals surface area (Å²) in [4.78, 5) is 11.3. The maximum Gasteiger partial charge on any atom is 0.407 e. The molecule has 0 bridgehead atoms. The Kier molecular flexibility index (Phi) is 3.54. The van der Waals surface area contributed by atoms with E-state index < -0.39 is 23.8 Å². The second kappa shape index (κ2) is 4.35. The molecule has 0 aliphatic carbocycles. The van der Waals surface area contributed by atoms with E-state index in [-0.39, 0.29) is 6.54 Å². The highest BCUT2D eigenvalue weighted by Crippen LogP contribution is 2.27. The molecule has 0 saturated carbocycles. The van der Waals surface area contributed by atoms with Crippen molar-refractivity contribution >= 4 is 6.09 Å². The van der Waals surface area contributed by atoms with Gasteiger partial charge < -0.3 is 14.8 Å². The van der Waals surface area contributed by atoms with Crippen LogP contribution in [0.25, 0.3) is 0 Å². The molecule has 1 saturated heterocycles. The SMILES string of the molecule is CC(C)(C)OC(=O)NCC1(CF)COC1. The number of rotatable bonds is 3. The van der Waals surface area contributed by atoms with Gasteiger partial charge in [-0.05, 0) is 20.8 Å². The molecule has 1 heterocycles. The van der Waals surface area contributed by atoms with Crippen LogP contribution in [0.2, 0.25) is 0 Å². The summed E-state index contributed by atoms with van der Waals surface area (Å²) in [5.41, 5.74) is -1.06. The Hall–Kier alpha value is -0.840. The summed E-state index contributed by atoms with van der Waals surface area (Å²) in [5.74, 6) is 0. The zero-order valence-electron chi connectivity index (χ0n) is 9.43. The van der Waals surface area contributed by atoms with Gasteiger partial charge in [0.1, 0.15) is 12.3 Å². The van der Waals surface area contributed by atoms with Crippen molar-refractivity contribution in [3.8, 4) is 0 Å². The highest BCUT2D eigenvalue weighted by molar-refractivity contribution is 5.67. The Bertz CT molecular complexity index is 228. The Morgan fingerprint density at radius 3 is 2.47 bits per heavy atom. The van der Waals surface area contributed by atoms with E-state index in [0.717, 1.165) is 0 Å². The van der Waals surface area contributed by atoms with Gasteiger partial charge in [0.2, 0.25) is 0 Å². The molecule has 1 fully saturated rings. The van der Waals surface area contributed by atoms with Crippen molar-refractivity contribution in [3.63, 3.8) is 0 Å². The molecule has 4 nitrogen and oxygen atoms in total. The lowest BCUT2D eigenvalue weighted by Gasteiger charge is -2.39. The summed E-state index contributed by atoms with van der Waals surface area (Å²) in [6.45, 7) is 5.84. The summed E-state index contributed by atoms with van der Waals surface area (Å²) in [7, 11) is 0. The number of hydrogen-bond acceptors (Lipinski definition) is 3. The minimum absolute atomic E-state index is 0.262. The Morgan fingerprint density at radius 2 is 2.13 bits per heavy atom. The molecule has 1 aliphatic rings. The number of ether oxygens (including phenoxy) is 2. The van der Waals surface area contributed by atoms with Gasteiger partial charge in [-0.15, -0.1) is 0 Å². The van der Waals surface area contributed by atoms with E-state index in [1.807, 2.05) is 0 Å². The number of carbonyl (C=O) groups is 1. The lowest BCUT2D eigenvalue weighted by atomic mass is 9.88. The Labute approximate surface area is 89.1 Å². The maximum absolute atomic E-state index is 12.6. The van der Waals surface area contributed by atoms with E-state index in [9.17, 15) is 9.18 Å². The highest BCUT2D eigenvalue weighted by atomic mass is 19.1. The number of halogens is 1. The van der Waals surface area contributed by atoms with Gasteiger partial charge in [0.05, 0.1) is 18.6 Å². The van der Waals surface area contributed by atoms with Crippen LogP contribution in [-0.4, -0.2) is 38.1 Å². The highest BCUT2D eigenvalue weighted by Gasteiger charge is 2.39. The molecule has 0 aromatic heterocycles. The number of hydrogen-bond donors (Lipinski definition) is 1. The quantitative estimate of drug-likeness (QED) is 0.782. The van der Waals surface area contributed by atoms with Crippen molar-refractivity contribution in [2.45, 2.75) is 26.4 Å². The Morgan fingerprint density at radius 1 is 1.53 bits per heavy atom. The lowest BCUT2D eigenvalue weighted by Crippen LogP contribution is -2.52. The lowest BCUT2D eigenvalue weighted by molar-refractivity contribution is -0.120. The molecule has 1 amide bonds. The number of nitrogens with one attached hydrogen (secondary N) is 1. The first-order chi connectivity index (χ1) is 6.87. The fraction of sp³-hybridized carbons (Fsp3) is 0.900. The van der Waals surface area contributed by atoms with Gasteiger partial charge in [-0.25, -0.2) is 4.79 Å². The summed E-state index contributed by atoms with van der Waals surface area (Å²) in [6, 6.07) is 0. The first kappa shape index (κ1) is 12.2. The van der Waals surface area contributed by atoms with E-state index in [2.05, 4.69) is 5.32 Å². The van der Waals surface area contributed by atoms with E-state index in [1.165, 1.54) is 0 Å². The largest absolute Gasteiger partial charge is 0.444 e. The molecule has 15 heavy (non-hydrogen) atoms. The molecular weight excluding hydrogens is 201 g/mol. The third-order valence-corrected chi connectivity index (χ3v) is 2.11. The third kappa shape index (κ3) is 3.66. The van der Waals surface area contributed by atoms with Gasteiger partial charge >= 0.3 is 6.09 Å². The summed E-state index contributed by atoms with van der Waals surface area (Å²) < 4.78 is 22.6. The zero-order chi connectivity index (χ0) is 11.5. The van der Waals surface area contributed by atoms with Crippen molar-refractivity contribution in [3.05, 3.63) is 0 Å². The van der Waals surface area contributed by atoms with Gasteiger partial charge in [-0.2, -0.15) is 0 Å². The van der Waals surface area contributed by atoms with Crippen molar-refractivity contribution in [1.82, 2.24) is 5.32 Å². The van der Waals surface area contributed by atoms with Crippen LogP contribution in [0.3, 0.4) is 0 Å². The van der Waals surface area contributed by atoms with Crippen molar-refractivity contribution in [2.24, 2.45) is 5.41 Å². The normalized spacial score (nSPS) is 19.2. The van der Waals surface area contributed by atoms with Crippen molar-refractivity contribution in [2.75, 3.05) is 26.4 Å². The average molecular weight is 219 g/mol. The predicted octanol–water partition coefficient (Wildman–Crippen LogP) is 1.50. The summed E-state index contributed by atoms with van der Waals surface area (Å²) in [5, 5.41) is 2.55. The van der Waals surface area contributed by atoms with Crippen LogP contribution in [0.1, 0.15) is 20.8 Å². The summed E-state index contributed by atoms with van der Waals surface area (Å²) in [6.07, 6.45) is -0.512. The summed E-state index contributed by atoms with van der Waals surface area (Å²) >= 11 is 0. The minimum Gasteiger partial charge on any atom is -0.444 e. The van der Waals surface area contributed by atoms with E-state index >= 15 is 0 Å². The molecule has 0 unspecified atom stereocenters. The maximum atomic E-state index is 12.6. The van der Waals surface area contributed by atoms with E-state index in [4.69, 9.17) is 9.47 Å². The number of alkyl halides is 1. The van der Waals surface area contributed by atoms with Crippen molar-refractivity contribution < 1.29 is 18.7 Å². The second-order valence-electron chi connectivity index (χ2n) is 4.98. The second-order valence-corrected chi connectivity index (χ2v) is 4.98. The zero-order valence-corrected chi connectivity index (χ0v) is 9.43. The monoisotopic (exact) mass is 219 g/mol. The molecule has 0 aromatic carbocycles. The van der Waals surface area contributed by atoms with Crippen LogP contribution in [0.4, 0.5) is 9.18 Å². The molecule has 0 spiro atoms. The van der Waals surface area contributed by atoms with Gasteiger partial charge in [-0.3, -0.25) is 4.39 Å². The van der Waals surface area contributed by atoms with E-state index in [0.29, 0.717) is 13.2 Å². The standard InChI is InChI=1S/C10H18FNO3/c1-9(2,3)15-8(13)12-5-10(4-11)6-14-7-10/h4-7H2,1-3H3,(H,12,13). The van der Waals surface area contributed by atoms with Gasteiger partial charge in [0.15, 0.2) is 0 Å². The van der Waals surface area contributed by atoms with Gasteiger partial charge in [-0.1, -0.05) is 0 Å². The van der Waals surface area contributed by atoms with Crippen molar-refractivity contribution in [1.29, 1.82) is 0 Å². The van der Waals surface area contributed by atoms with Crippen LogP contribution in [0.5, 0.6) is 0 Å². The van der Waals surface area contributed by atoms with Gasteiger partial charge in [0.25, 0.3) is 0 Å². The van der Waals surface area contributed by atoms with Crippen LogP contribution < -0.4 is 5.32 Å². The first-order valence-corrected chi connectivity index (χ1v) is 4.97. The molecule has 88 valence electrons. The number of amides is 1. The molecule has 0 aromatic rings. The first-order valence-electron chi connectivity index (χ1n) is 4.97.